The second-order valence-corrected chi connectivity index (χ2v) is 11.8. The number of carbonyl (C=O) groups excluding carboxylic acids is 1. The smallest absolute Gasteiger partial charge is 0.409 e. The Hall–Kier alpha value is -4.23. The maximum atomic E-state index is 15.0. The number of anilines is 2. The van der Waals surface area contributed by atoms with Crippen molar-refractivity contribution in [3.8, 4) is 11.3 Å². The van der Waals surface area contributed by atoms with Crippen LogP contribution in [0.15, 0.2) is 36.7 Å². The Kier molecular flexibility index (Phi) is 8.16. The van der Waals surface area contributed by atoms with Crippen LogP contribution < -0.4 is 5.32 Å². The molecule has 2 saturated heterocycles. The van der Waals surface area contributed by atoms with E-state index in [0.29, 0.717) is 55.5 Å². The first-order chi connectivity index (χ1) is 21.1. The Balaban J connectivity index is 0.00000400. The van der Waals surface area contributed by atoms with Crippen LogP contribution >= 0.6 is 0 Å². The molecule has 0 aliphatic carbocycles. The number of hydrogen-bond donors (Lipinski definition) is 1. The highest BCUT2D eigenvalue weighted by Crippen LogP contribution is 2.32. The monoisotopic (exact) mass is 608 g/mol. The highest BCUT2D eigenvalue weighted by molar-refractivity contribution is 5.83. The summed E-state index contributed by atoms with van der Waals surface area (Å²) in [4.78, 5) is 33.4. The molecule has 11 nitrogen and oxygen atoms in total. The highest BCUT2D eigenvalue weighted by atomic mass is 19.1. The molecular formula is C31H38F2N8O3. The van der Waals surface area contributed by atoms with E-state index in [1.165, 1.54) is 13.2 Å². The van der Waals surface area contributed by atoms with E-state index in [2.05, 4.69) is 30.2 Å². The van der Waals surface area contributed by atoms with Gasteiger partial charge >= 0.3 is 6.09 Å². The number of rotatable bonds is 6. The van der Waals surface area contributed by atoms with Gasteiger partial charge in [0, 0.05) is 45.4 Å². The Morgan fingerprint density at radius 2 is 1.98 bits per heavy atom. The molecule has 2 aliphatic rings. The molecule has 13 heteroatoms. The van der Waals surface area contributed by atoms with Crippen molar-refractivity contribution in [2.75, 3.05) is 45.2 Å². The molecule has 3 aromatic heterocycles. The van der Waals surface area contributed by atoms with Gasteiger partial charge in [0.1, 0.15) is 22.9 Å². The van der Waals surface area contributed by atoms with Crippen LogP contribution in [0.1, 0.15) is 45.5 Å². The number of fused-ring (bicyclic) bond motifs is 1. The third kappa shape index (κ3) is 5.93. The van der Waals surface area contributed by atoms with E-state index >= 15 is 4.39 Å². The van der Waals surface area contributed by atoms with Crippen LogP contribution in [0, 0.1) is 18.6 Å². The molecule has 1 amide bonds. The van der Waals surface area contributed by atoms with E-state index in [1.54, 1.807) is 17.2 Å². The number of carbonyl (C=O) groups is 1. The molecule has 2 aliphatic heterocycles. The summed E-state index contributed by atoms with van der Waals surface area (Å²) >= 11 is 0. The summed E-state index contributed by atoms with van der Waals surface area (Å²) in [5, 5.41) is 3.03. The van der Waals surface area contributed by atoms with Gasteiger partial charge in [-0.3, -0.25) is 4.90 Å². The lowest BCUT2D eigenvalue weighted by Crippen LogP contribution is -2.60. The number of likely N-dealkylation sites (tertiary alicyclic amines) is 1. The lowest BCUT2D eigenvalue weighted by molar-refractivity contribution is -0.137. The molecule has 1 spiro atoms. The van der Waals surface area contributed by atoms with Gasteiger partial charge in [0.25, 0.3) is 0 Å². The van der Waals surface area contributed by atoms with Gasteiger partial charge in [0.05, 0.1) is 37.6 Å². The van der Waals surface area contributed by atoms with Crippen molar-refractivity contribution in [2.45, 2.75) is 51.8 Å². The summed E-state index contributed by atoms with van der Waals surface area (Å²) in [5.41, 5.74) is 1.69. The van der Waals surface area contributed by atoms with Crippen LogP contribution in [0.2, 0.25) is 0 Å². The summed E-state index contributed by atoms with van der Waals surface area (Å²) in [6.07, 6.45) is 4.27. The van der Waals surface area contributed by atoms with Gasteiger partial charge in [-0.25, -0.2) is 33.5 Å². The van der Waals surface area contributed by atoms with Crippen molar-refractivity contribution >= 4 is 28.9 Å². The number of amides is 1. The van der Waals surface area contributed by atoms with E-state index < -0.39 is 17.2 Å². The summed E-state index contributed by atoms with van der Waals surface area (Å²) in [6.45, 7) is 9.71. The maximum absolute atomic E-state index is 15.0. The number of piperidine rings is 1. The van der Waals surface area contributed by atoms with Gasteiger partial charge in [0.2, 0.25) is 5.95 Å². The van der Waals surface area contributed by atoms with E-state index in [9.17, 15) is 9.18 Å². The minimum Gasteiger partial charge on any atom is -0.453 e. The minimum absolute atomic E-state index is 0. The third-order valence-electron chi connectivity index (χ3n) is 8.23. The summed E-state index contributed by atoms with van der Waals surface area (Å²) in [6, 6.07) is 6.77. The zero-order chi connectivity index (χ0) is 31.0. The number of ether oxygens (including phenoxy) is 2. The van der Waals surface area contributed by atoms with Crippen molar-refractivity contribution in [1.82, 2.24) is 34.3 Å². The van der Waals surface area contributed by atoms with Gasteiger partial charge in [-0.15, -0.1) is 0 Å². The molecule has 0 bridgehead atoms. The van der Waals surface area contributed by atoms with Crippen molar-refractivity contribution in [1.29, 1.82) is 0 Å². The molecule has 234 valence electrons. The fraction of sp³-hybridized carbons (Fsp3) is 0.452. The van der Waals surface area contributed by atoms with Crippen molar-refractivity contribution in [3.05, 3.63) is 59.7 Å². The molecule has 0 unspecified atom stereocenters. The Labute approximate surface area is 255 Å². The van der Waals surface area contributed by atoms with Crippen molar-refractivity contribution in [3.63, 3.8) is 0 Å². The second kappa shape index (κ2) is 12.0. The van der Waals surface area contributed by atoms with Crippen LogP contribution in [0.5, 0.6) is 0 Å². The maximum Gasteiger partial charge on any atom is 0.409 e. The fourth-order valence-electron chi connectivity index (χ4n) is 6.34. The predicted molar refractivity (Wildman–Crippen MR) is 163 cm³/mol. The topological polar surface area (TPSA) is 111 Å². The van der Waals surface area contributed by atoms with Gasteiger partial charge < -0.3 is 24.3 Å². The zero-order valence-electron chi connectivity index (χ0n) is 25.3. The number of benzene rings is 1. The number of aryl methyl sites for hydroxylation is 1. The summed E-state index contributed by atoms with van der Waals surface area (Å²) in [7, 11) is 1.40. The van der Waals surface area contributed by atoms with Gasteiger partial charge in [-0.05, 0) is 57.4 Å². The normalized spacial score (nSPS) is 19.2. The van der Waals surface area contributed by atoms with Gasteiger partial charge in [-0.1, -0.05) is 6.07 Å². The number of methoxy groups -OCH3 is 1. The largest absolute Gasteiger partial charge is 0.453 e. The fourth-order valence-corrected chi connectivity index (χ4v) is 6.34. The standard InChI is InChI=1S/C31H36F2N8O3.H2/c1-19(2)41-20(3)36-28-23(32)12-22(13-25(28)41)27-24(33)15-35-29(38-27)37-26-7-6-21(14-34-26)16-39-10-11-44-31(17-39)8-5-9-40(18-31)30(42)43-4;/h6-7,12-15,19H,5,8-11,16-18H2,1-4H3,(H,34,35,37,38);1H/t31-;/m0./s1. The van der Waals surface area contributed by atoms with Crippen molar-refractivity contribution in [2.24, 2.45) is 0 Å². The van der Waals surface area contributed by atoms with Crippen LogP contribution in [-0.4, -0.2) is 85.9 Å². The lowest BCUT2D eigenvalue weighted by Gasteiger charge is -2.47. The number of hydrogen-bond acceptors (Lipinski definition) is 9. The summed E-state index contributed by atoms with van der Waals surface area (Å²) in [5.74, 6) is 0.0960. The number of pyridine rings is 1. The van der Waals surface area contributed by atoms with Crippen LogP contribution in [0.4, 0.5) is 25.3 Å². The van der Waals surface area contributed by atoms with Crippen molar-refractivity contribution < 1.29 is 24.5 Å². The molecule has 1 aromatic carbocycles. The number of morpholine rings is 1. The number of nitrogens with one attached hydrogen (secondary N) is 1. The molecule has 1 atom stereocenters. The SMILES string of the molecule is COC(=O)N1CCC[C@]2(CN(Cc3ccc(Nc4ncc(F)c(-c5cc(F)c6nc(C)n(C(C)C)c6c5)n4)nc3)CCO2)C1.[HH]. The van der Waals surface area contributed by atoms with E-state index in [-0.39, 0.29) is 30.7 Å². The van der Waals surface area contributed by atoms with Gasteiger partial charge in [0.15, 0.2) is 11.6 Å². The number of aromatic nitrogens is 5. The minimum atomic E-state index is -0.666. The third-order valence-corrected chi connectivity index (χ3v) is 8.23. The molecule has 4 aromatic rings. The average molecular weight is 609 g/mol. The first kappa shape index (κ1) is 29.8. The number of imidazole rings is 1. The molecule has 5 heterocycles. The molecule has 44 heavy (non-hydrogen) atoms. The Morgan fingerprint density at radius 1 is 1.14 bits per heavy atom. The van der Waals surface area contributed by atoms with Crippen LogP contribution in [-0.2, 0) is 16.0 Å². The lowest BCUT2D eigenvalue weighted by atomic mass is 9.90. The van der Waals surface area contributed by atoms with E-state index in [4.69, 9.17) is 9.47 Å². The van der Waals surface area contributed by atoms with E-state index in [1.807, 2.05) is 37.5 Å². The highest BCUT2D eigenvalue weighted by Gasteiger charge is 2.42. The molecule has 2 fully saturated rings. The molecule has 6 rings (SSSR count). The second-order valence-electron chi connectivity index (χ2n) is 11.8. The molecule has 0 radical (unpaired) electrons. The first-order valence-corrected chi connectivity index (χ1v) is 14.8. The molecular weight excluding hydrogens is 570 g/mol. The van der Waals surface area contributed by atoms with Crippen LogP contribution in [0.25, 0.3) is 22.3 Å². The Morgan fingerprint density at radius 3 is 2.73 bits per heavy atom. The zero-order valence-corrected chi connectivity index (χ0v) is 25.3. The predicted octanol–water partition coefficient (Wildman–Crippen LogP) is 5.48. The summed E-state index contributed by atoms with van der Waals surface area (Å²) < 4.78 is 43.0. The molecule has 0 saturated carbocycles. The number of halogens is 2. The average Bonchev–Trinajstić information content (AvgIpc) is 3.35. The van der Waals surface area contributed by atoms with E-state index in [0.717, 1.165) is 31.1 Å². The van der Waals surface area contributed by atoms with Gasteiger partial charge in [-0.2, -0.15) is 0 Å². The van der Waals surface area contributed by atoms with Crippen LogP contribution in [0.3, 0.4) is 0 Å². The molecule has 1 N–H and O–H groups in total. The first-order valence-electron chi connectivity index (χ1n) is 14.8. The number of nitrogens with zero attached hydrogens (tertiary/aromatic N) is 7. The quantitative estimate of drug-likeness (QED) is 0.304. The Bertz CT molecular complexity index is 1680.